The number of hydrogen-bond acceptors (Lipinski definition) is 2. The zero-order valence-electron chi connectivity index (χ0n) is 11.6. The molecule has 0 N–H and O–H groups in total. The summed E-state index contributed by atoms with van der Waals surface area (Å²) in [6, 6.07) is 8.06. The fourth-order valence-electron chi connectivity index (χ4n) is 2.32. The van der Waals surface area contributed by atoms with Gasteiger partial charge >= 0.3 is 0 Å². The molecule has 0 aliphatic carbocycles. The second-order valence-corrected chi connectivity index (χ2v) is 5.77. The lowest BCUT2D eigenvalue weighted by atomic mass is 9.98. The molecule has 19 heavy (non-hydrogen) atoms. The molecule has 0 spiro atoms. The van der Waals surface area contributed by atoms with E-state index in [-0.39, 0.29) is 12.4 Å². The standard InChI is InChI=1S/C15H22ClNO.ClH/c1-12-7-9-17(10-8-12)13(2)11-18-15-5-3-14(16)4-6-15;/h3-6,12-13H,7-11H2,1-2H3;1H/t13-;/m1./s1. The van der Waals surface area contributed by atoms with Crippen molar-refractivity contribution in [2.24, 2.45) is 5.92 Å². The normalized spacial score (nSPS) is 18.7. The van der Waals surface area contributed by atoms with E-state index in [1.807, 2.05) is 24.3 Å². The third-order valence-corrected chi connectivity index (χ3v) is 4.00. The average Bonchev–Trinajstić information content (AvgIpc) is 2.38. The number of ether oxygens (including phenoxy) is 1. The maximum Gasteiger partial charge on any atom is 0.119 e. The fraction of sp³-hybridized carbons (Fsp3) is 0.600. The quantitative estimate of drug-likeness (QED) is 0.824. The van der Waals surface area contributed by atoms with Crippen molar-refractivity contribution in [3.8, 4) is 5.75 Å². The summed E-state index contributed by atoms with van der Waals surface area (Å²) in [5.74, 6) is 1.78. The predicted molar refractivity (Wildman–Crippen MR) is 83.6 cm³/mol. The molecule has 1 aromatic carbocycles. The number of halogens is 2. The number of rotatable bonds is 4. The summed E-state index contributed by atoms with van der Waals surface area (Å²) in [6.07, 6.45) is 2.62. The summed E-state index contributed by atoms with van der Waals surface area (Å²) < 4.78 is 5.80. The van der Waals surface area contributed by atoms with E-state index in [1.165, 1.54) is 25.9 Å². The van der Waals surface area contributed by atoms with Crippen molar-refractivity contribution in [3.05, 3.63) is 29.3 Å². The van der Waals surface area contributed by atoms with Crippen LogP contribution in [0.2, 0.25) is 5.02 Å². The van der Waals surface area contributed by atoms with E-state index < -0.39 is 0 Å². The number of benzene rings is 1. The second-order valence-electron chi connectivity index (χ2n) is 5.33. The van der Waals surface area contributed by atoms with E-state index in [0.717, 1.165) is 23.3 Å². The molecule has 0 aromatic heterocycles. The first-order valence-electron chi connectivity index (χ1n) is 6.77. The zero-order chi connectivity index (χ0) is 13.0. The van der Waals surface area contributed by atoms with Crippen LogP contribution in [0.3, 0.4) is 0 Å². The zero-order valence-corrected chi connectivity index (χ0v) is 13.2. The first-order valence-corrected chi connectivity index (χ1v) is 7.15. The molecule has 4 heteroatoms. The summed E-state index contributed by atoms with van der Waals surface area (Å²) in [5, 5.41) is 0.750. The Bertz CT molecular complexity index is 361. The van der Waals surface area contributed by atoms with Crippen molar-refractivity contribution in [2.45, 2.75) is 32.7 Å². The van der Waals surface area contributed by atoms with Crippen LogP contribution < -0.4 is 4.74 Å². The van der Waals surface area contributed by atoms with Gasteiger partial charge in [-0.2, -0.15) is 0 Å². The van der Waals surface area contributed by atoms with E-state index in [2.05, 4.69) is 18.7 Å². The van der Waals surface area contributed by atoms with Gasteiger partial charge in [0.15, 0.2) is 0 Å². The largest absolute Gasteiger partial charge is 0.492 e. The van der Waals surface area contributed by atoms with Crippen LogP contribution in [0.5, 0.6) is 5.75 Å². The molecule has 0 saturated carbocycles. The van der Waals surface area contributed by atoms with Crippen LogP contribution in [-0.4, -0.2) is 30.6 Å². The molecule has 0 unspecified atom stereocenters. The van der Waals surface area contributed by atoms with Gasteiger partial charge in [0.2, 0.25) is 0 Å². The highest BCUT2D eigenvalue weighted by Gasteiger charge is 2.20. The molecular weight excluding hydrogens is 281 g/mol. The highest BCUT2D eigenvalue weighted by molar-refractivity contribution is 6.30. The Labute approximate surface area is 127 Å². The van der Waals surface area contributed by atoms with Gasteiger partial charge in [-0.3, -0.25) is 4.90 Å². The van der Waals surface area contributed by atoms with E-state index in [0.29, 0.717) is 6.04 Å². The van der Waals surface area contributed by atoms with Gasteiger partial charge in [-0.15, -0.1) is 12.4 Å². The van der Waals surface area contributed by atoms with E-state index in [9.17, 15) is 0 Å². The van der Waals surface area contributed by atoms with Crippen LogP contribution >= 0.6 is 24.0 Å². The molecule has 0 amide bonds. The van der Waals surface area contributed by atoms with Crippen LogP contribution in [0.15, 0.2) is 24.3 Å². The fourth-order valence-corrected chi connectivity index (χ4v) is 2.45. The third-order valence-electron chi connectivity index (χ3n) is 3.75. The summed E-state index contributed by atoms with van der Waals surface area (Å²) in [5.41, 5.74) is 0. The Hall–Kier alpha value is -0.440. The first kappa shape index (κ1) is 16.6. The molecule has 1 aromatic rings. The minimum atomic E-state index is 0. The highest BCUT2D eigenvalue weighted by atomic mass is 35.5. The molecule has 2 nitrogen and oxygen atoms in total. The molecular formula is C15H23Cl2NO. The van der Waals surface area contributed by atoms with Gasteiger partial charge in [0.05, 0.1) is 0 Å². The summed E-state index contributed by atoms with van der Waals surface area (Å²) in [4.78, 5) is 2.52. The molecule has 1 fully saturated rings. The molecule has 0 bridgehead atoms. The number of hydrogen-bond donors (Lipinski definition) is 0. The highest BCUT2D eigenvalue weighted by Crippen LogP contribution is 2.19. The van der Waals surface area contributed by atoms with Gasteiger partial charge < -0.3 is 4.74 Å². The van der Waals surface area contributed by atoms with Gasteiger partial charge in [-0.05, 0) is 63.0 Å². The first-order chi connectivity index (χ1) is 8.65. The van der Waals surface area contributed by atoms with Crippen molar-refractivity contribution in [1.29, 1.82) is 0 Å². The van der Waals surface area contributed by atoms with E-state index in [1.54, 1.807) is 0 Å². The Kier molecular flexibility index (Phi) is 6.98. The van der Waals surface area contributed by atoms with Crippen molar-refractivity contribution in [3.63, 3.8) is 0 Å². The maximum atomic E-state index is 5.85. The summed E-state index contributed by atoms with van der Waals surface area (Å²) in [7, 11) is 0. The van der Waals surface area contributed by atoms with Gasteiger partial charge in [-0.25, -0.2) is 0 Å². The lowest BCUT2D eigenvalue weighted by Gasteiger charge is -2.34. The Morgan fingerprint density at radius 3 is 2.42 bits per heavy atom. The van der Waals surface area contributed by atoms with Crippen LogP contribution in [0.1, 0.15) is 26.7 Å². The third kappa shape index (κ3) is 5.21. The topological polar surface area (TPSA) is 12.5 Å². The van der Waals surface area contributed by atoms with Crippen molar-refractivity contribution in [1.82, 2.24) is 4.90 Å². The van der Waals surface area contributed by atoms with Crippen LogP contribution in [0, 0.1) is 5.92 Å². The molecule has 0 radical (unpaired) electrons. The van der Waals surface area contributed by atoms with Crippen LogP contribution in [0.25, 0.3) is 0 Å². The van der Waals surface area contributed by atoms with Crippen LogP contribution in [0.4, 0.5) is 0 Å². The van der Waals surface area contributed by atoms with E-state index in [4.69, 9.17) is 16.3 Å². The smallest absolute Gasteiger partial charge is 0.119 e. The summed E-state index contributed by atoms with van der Waals surface area (Å²) >= 11 is 5.85. The van der Waals surface area contributed by atoms with Crippen molar-refractivity contribution in [2.75, 3.05) is 19.7 Å². The molecule has 1 saturated heterocycles. The Morgan fingerprint density at radius 2 is 1.84 bits per heavy atom. The van der Waals surface area contributed by atoms with Gasteiger partial charge in [0.1, 0.15) is 12.4 Å². The maximum absolute atomic E-state index is 5.85. The van der Waals surface area contributed by atoms with Gasteiger partial charge in [-0.1, -0.05) is 18.5 Å². The van der Waals surface area contributed by atoms with Gasteiger partial charge in [0, 0.05) is 11.1 Å². The predicted octanol–water partition coefficient (Wildman–Crippen LogP) is 4.26. The molecule has 1 heterocycles. The Morgan fingerprint density at radius 1 is 1.26 bits per heavy atom. The molecule has 1 aliphatic heterocycles. The average molecular weight is 304 g/mol. The molecule has 1 atom stereocenters. The second kappa shape index (κ2) is 7.98. The lowest BCUT2D eigenvalue weighted by molar-refractivity contribution is 0.108. The van der Waals surface area contributed by atoms with Gasteiger partial charge in [0.25, 0.3) is 0 Å². The lowest BCUT2D eigenvalue weighted by Crippen LogP contribution is -2.42. The molecule has 108 valence electrons. The number of likely N-dealkylation sites (tertiary alicyclic amines) is 1. The molecule has 1 aliphatic rings. The Balaban J connectivity index is 0.00000180. The SMILES string of the molecule is CC1CCN([C@H](C)COc2ccc(Cl)cc2)CC1.Cl. The van der Waals surface area contributed by atoms with Crippen molar-refractivity contribution < 1.29 is 4.74 Å². The monoisotopic (exact) mass is 303 g/mol. The van der Waals surface area contributed by atoms with Crippen molar-refractivity contribution >= 4 is 24.0 Å². The van der Waals surface area contributed by atoms with E-state index >= 15 is 0 Å². The minimum Gasteiger partial charge on any atom is -0.492 e. The number of piperidine rings is 1. The molecule has 2 rings (SSSR count). The minimum absolute atomic E-state index is 0. The number of nitrogens with zero attached hydrogens (tertiary/aromatic N) is 1. The summed E-state index contributed by atoms with van der Waals surface area (Å²) in [6.45, 7) is 7.73. The van der Waals surface area contributed by atoms with Crippen LogP contribution in [-0.2, 0) is 0 Å².